The van der Waals surface area contributed by atoms with Crippen molar-refractivity contribution in [3.8, 4) is 10.4 Å². The summed E-state index contributed by atoms with van der Waals surface area (Å²) in [6.45, 7) is 4.87. The van der Waals surface area contributed by atoms with Gasteiger partial charge < -0.3 is 9.80 Å². The van der Waals surface area contributed by atoms with Crippen molar-refractivity contribution in [1.82, 2.24) is 9.88 Å². The van der Waals surface area contributed by atoms with E-state index < -0.39 is 0 Å². The summed E-state index contributed by atoms with van der Waals surface area (Å²) in [6.07, 6.45) is 4.60. The van der Waals surface area contributed by atoms with Crippen LogP contribution in [0.3, 0.4) is 0 Å². The van der Waals surface area contributed by atoms with Gasteiger partial charge in [-0.2, -0.15) is 0 Å². The number of aromatic nitrogens is 1. The summed E-state index contributed by atoms with van der Waals surface area (Å²) in [6, 6.07) is 7.42. The third kappa shape index (κ3) is 2.46. The molecule has 4 bridgehead atoms. The quantitative estimate of drug-likeness (QED) is 0.841. The maximum absolute atomic E-state index is 13.5. The van der Waals surface area contributed by atoms with E-state index in [9.17, 15) is 4.39 Å². The van der Waals surface area contributed by atoms with Crippen LogP contribution in [0, 0.1) is 17.7 Å². The highest BCUT2D eigenvalue weighted by Crippen LogP contribution is 2.40. The van der Waals surface area contributed by atoms with Crippen LogP contribution in [0.5, 0.6) is 0 Å². The second kappa shape index (κ2) is 5.28. The van der Waals surface area contributed by atoms with Gasteiger partial charge in [0.1, 0.15) is 5.82 Å². The number of thiazole rings is 1. The first-order chi connectivity index (χ1) is 11.2. The van der Waals surface area contributed by atoms with Crippen molar-refractivity contribution in [3.05, 3.63) is 36.3 Å². The molecular weight excluding hydrogens is 309 g/mol. The van der Waals surface area contributed by atoms with Crippen LogP contribution in [0.4, 0.5) is 9.52 Å². The lowest BCUT2D eigenvalue weighted by Crippen LogP contribution is -2.49. The Kier molecular flexibility index (Phi) is 3.20. The molecule has 4 saturated heterocycles. The summed E-state index contributed by atoms with van der Waals surface area (Å²) in [5.74, 6) is 1.47. The molecule has 5 heterocycles. The Morgan fingerprint density at radius 2 is 2.00 bits per heavy atom. The molecule has 120 valence electrons. The molecule has 4 fully saturated rings. The van der Waals surface area contributed by atoms with E-state index >= 15 is 0 Å². The molecule has 1 aromatic heterocycles. The molecule has 0 N–H and O–H groups in total. The van der Waals surface area contributed by atoms with Gasteiger partial charge in [-0.05, 0) is 42.4 Å². The van der Waals surface area contributed by atoms with Gasteiger partial charge in [-0.25, -0.2) is 9.37 Å². The van der Waals surface area contributed by atoms with Crippen LogP contribution in [0.1, 0.15) is 12.8 Å². The Balaban J connectivity index is 1.46. The molecule has 1 aromatic carbocycles. The highest BCUT2D eigenvalue weighted by Gasteiger charge is 2.42. The molecule has 4 unspecified atom stereocenters. The van der Waals surface area contributed by atoms with E-state index in [1.165, 1.54) is 38.5 Å². The number of benzene rings is 1. The molecule has 0 radical (unpaired) electrons. The van der Waals surface area contributed by atoms with Crippen LogP contribution in [0.2, 0.25) is 0 Å². The molecule has 6 rings (SSSR count). The Labute approximate surface area is 139 Å². The Morgan fingerprint density at radius 1 is 1.09 bits per heavy atom. The summed E-state index contributed by atoms with van der Waals surface area (Å²) in [5, 5.41) is 1.11. The van der Waals surface area contributed by atoms with Crippen LogP contribution < -0.4 is 4.90 Å². The Morgan fingerprint density at radius 3 is 2.87 bits per heavy atom. The first-order valence-electron chi connectivity index (χ1n) is 8.45. The molecule has 0 aliphatic carbocycles. The van der Waals surface area contributed by atoms with E-state index in [1.807, 2.05) is 12.3 Å². The summed E-state index contributed by atoms with van der Waals surface area (Å²) >= 11 is 1.71. The van der Waals surface area contributed by atoms with Crippen molar-refractivity contribution in [2.24, 2.45) is 11.8 Å². The fourth-order valence-electron chi connectivity index (χ4n) is 4.69. The summed E-state index contributed by atoms with van der Waals surface area (Å²) in [7, 11) is 0. The van der Waals surface area contributed by atoms with Crippen LogP contribution in [-0.2, 0) is 0 Å². The summed E-state index contributed by atoms with van der Waals surface area (Å²) < 4.78 is 13.5. The lowest BCUT2D eigenvalue weighted by Gasteiger charge is -2.41. The number of fused-ring (bicyclic) bond motifs is 1. The molecule has 23 heavy (non-hydrogen) atoms. The Hall–Kier alpha value is -1.46. The molecule has 5 heteroatoms. The third-order valence-electron chi connectivity index (χ3n) is 5.52. The zero-order chi connectivity index (χ0) is 15.4. The number of hydrogen-bond acceptors (Lipinski definition) is 4. The number of rotatable bonds is 2. The van der Waals surface area contributed by atoms with Crippen molar-refractivity contribution in [2.45, 2.75) is 18.9 Å². The third-order valence-corrected chi connectivity index (χ3v) is 6.60. The highest BCUT2D eigenvalue weighted by atomic mass is 32.1. The van der Waals surface area contributed by atoms with E-state index in [2.05, 4.69) is 9.80 Å². The van der Waals surface area contributed by atoms with Gasteiger partial charge in [0, 0.05) is 38.4 Å². The van der Waals surface area contributed by atoms with Crippen LogP contribution >= 0.6 is 11.3 Å². The SMILES string of the molecule is Fc1cccc(-c2cnc(N3CC4CC5CC3CN(C5)C4)s2)c1. The summed E-state index contributed by atoms with van der Waals surface area (Å²) in [4.78, 5) is 10.9. The lowest BCUT2D eigenvalue weighted by molar-refractivity contribution is 0.0980. The smallest absolute Gasteiger partial charge is 0.186 e. The number of nitrogens with zero attached hydrogens (tertiary/aromatic N) is 3. The molecule has 0 saturated carbocycles. The number of halogens is 1. The lowest BCUT2D eigenvalue weighted by atomic mass is 9.84. The molecule has 4 aliphatic rings. The predicted octanol–water partition coefficient (Wildman–Crippen LogP) is 3.48. The minimum Gasteiger partial charge on any atom is -0.343 e. The van der Waals surface area contributed by atoms with Crippen LogP contribution in [-0.4, -0.2) is 42.1 Å². The molecule has 0 amide bonds. The topological polar surface area (TPSA) is 19.4 Å². The minimum atomic E-state index is -0.184. The zero-order valence-corrected chi connectivity index (χ0v) is 13.8. The normalized spacial score (nSPS) is 32.3. The molecule has 0 spiro atoms. The van der Waals surface area contributed by atoms with Gasteiger partial charge in [0.2, 0.25) is 0 Å². The van der Waals surface area contributed by atoms with Crippen LogP contribution in [0.15, 0.2) is 30.5 Å². The van der Waals surface area contributed by atoms with Gasteiger partial charge >= 0.3 is 0 Å². The van der Waals surface area contributed by atoms with E-state index in [-0.39, 0.29) is 5.82 Å². The van der Waals surface area contributed by atoms with Gasteiger partial charge in [0.15, 0.2) is 5.13 Å². The number of anilines is 1. The first-order valence-corrected chi connectivity index (χ1v) is 9.27. The maximum Gasteiger partial charge on any atom is 0.186 e. The van der Waals surface area contributed by atoms with Gasteiger partial charge in [-0.1, -0.05) is 23.5 Å². The predicted molar refractivity (Wildman–Crippen MR) is 91.3 cm³/mol. The number of piperidine rings is 2. The van der Waals surface area contributed by atoms with E-state index in [0.29, 0.717) is 6.04 Å². The van der Waals surface area contributed by atoms with Gasteiger partial charge in [0.25, 0.3) is 0 Å². The highest BCUT2D eigenvalue weighted by molar-refractivity contribution is 7.18. The average molecular weight is 329 g/mol. The van der Waals surface area contributed by atoms with E-state index in [0.717, 1.165) is 34.0 Å². The van der Waals surface area contributed by atoms with E-state index in [4.69, 9.17) is 4.98 Å². The largest absolute Gasteiger partial charge is 0.343 e. The first kappa shape index (κ1) is 13.9. The van der Waals surface area contributed by atoms with E-state index in [1.54, 1.807) is 23.5 Å². The molecule has 4 aliphatic heterocycles. The zero-order valence-electron chi connectivity index (χ0n) is 13.0. The monoisotopic (exact) mass is 329 g/mol. The second-order valence-electron chi connectivity index (χ2n) is 7.25. The van der Waals surface area contributed by atoms with Gasteiger partial charge in [-0.15, -0.1) is 0 Å². The molecule has 4 atom stereocenters. The number of hydrogen-bond donors (Lipinski definition) is 0. The van der Waals surface area contributed by atoms with Crippen molar-refractivity contribution >= 4 is 16.5 Å². The summed E-state index contributed by atoms with van der Waals surface area (Å²) in [5.41, 5.74) is 0.929. The van der Waals surface area contributed by atoms with Crippen LogP contribution in [0.25, 0.3) is 10.4 Å². The van der Waals surface area contributed by atoms with Crippen molar-refractivity contribution in [1.29, 1.82) is 0 Å². The average Bonchev–Trinajstić information content (AvgIpc) is 2.93. The fourth-order valence-corrected chi connectivity index (χ4v) is 5.69. The molecule has 2 aromatic rings. The fraction of sp³-hybridized carbons (Fsp3) is 0.500. The minimum absolute atomic E-state index is 0.184. The van der Waals surface area contributed by atoms with Crippen molar-refractivity contribution in [2.75, 3.05) is 31.1 Å². The van der Waals surface area contributed by atoms with Gasteiger partial charge in [0.05, 0.1) is 4.88 Å². The standard InChI is InChI=1S/C18H20FN3S/c19-15-3-1-2-14(6-15)17-7-20-18(23-17)22-10-13-4-12-5-16(22)11-21(8-12)9-13/h1-3,6-7,12-13,16H,4-5,8-11H2. The molecular formula is C18H20FN3S. The second-order valence-corrected chi connectivity index (χ2v) is 8.25. The van der Waals surface area contributed by atoms with Gasteiger partial charge in [-0.3, -0.25) is 0 Å². The molecule has 3 nitrogen and oxygen atoms in total. The Bertz CT molecular complexity index is 717. The van der Waals surface area contributed by atoms with Crippen molar-refractivity contribution in [3.63, 3.8) is 0 Å². The van der Waals surface area contributed by atoms with Crippen molar-refractivity contribution < 1.29 is 4.39 Å². The maximum atomic E-state index is 13.5.